The van der Waals surface area contributed by atoms with E-state index in [1.807, 2.05) is 30.3 Å². The van der Waals surface area contributed by atoms with Crippen LogP contribution in [0.15, 0.2) is 78.0 Å². The third kappa shape index (κ3) is 8.35. The van der Waals surface area contributed by atoms with Crippen LogP contribution in [0, 0.1) is 11.8 Å². The summed E-state index contributed by atoms with van der Waals surface area (Å²) in [6.45, 7) is 5.61. The molecular weight excluding hydrogens is 851 g/mol. The van der Waals surface area contributed by atoms with E-state index in [2.05, 4.69) is 35.0 Å². The zero-order valence-corrected chi connectivity index (χ0v) is 37.2. The molecule has 17 heteroatoms. The van der Waals surface area contributed by atoms with Gasteiger partial charge in [0.15, 0.2) is 0 Å². The second kappa shape index (κ2) is 18.3. The molecular formula is C49H52F2N8O7. The van der Waals surface area contributed by atoms with E-state index in [-0.39, 0.29) is 46.5 Å². The van der Waals surface area contributed by atoms with Crippen molar-refractivity contribution in [3.05, 3.63) is 95.8 Å². The van der Waals surface area contributed by atoms with Gasteiger partial charge in [0.05, 0.1) is 50.1 Å². The molecule has 1 aliphatic carbocycles. The molecule has 0 saturated carbocycles. The predicted octanol–water partition coefficient (Wildman–Crippen LogP) is 8.60. The zero-order chi connectivity index (χ0) is 46.3. The molecule has 5 aromatic rings. The molecule has 3 saturated heterocycles. The quantitative estimate of drug-likeness (QED) is 0.116. The second-order valence-electron chi connectivity index (χ2n) is 17.6. The highest BCUT2D eigenvalue weighted by Gasteiger charge is 2.45. The number of rotatable bonds is 10. The van der Waals surface area contributed by atoms with Crippen molar-refractivity contribution in [3.63, 3.8) is 0 Å². The molecule has 9 rings (SSSR count). The van der Waals surface area contributed by atoms with Crippen LogP contribution in [-0.2, 0) is 29.7 Å². The summed E-state index contributed by atoms with van der Waals surface area (Å²) in [6, 6.07) is 16.3. The van der Waals surface area contributed by atoms with E-state index in [1.54, 1.807) is 60.3 Å². The lowest BCUT2D eigenvalue weighted by molar-refractivity contribution is -0.136. The van der Waals surface area contributed by atoms with Crippen molar-refractivity contribution in [1.82, 2.24) is 35.1 Å². The van der Waals surface area contributed by atoms with Crippen molar-refractivity contribution in [2.45, 2.75) is 76.4 Å². The first-order valence-electron chi connectivity index (χ1n) is 22.4. The third-order valence-corrected chi connectivity index (χ3v) is 13.3. The number of aromatic nitrogens is 4. The van der Waals surface area contributed by atoms with Crippen LogP contribution in [0.2, 0.25) is 0 Å². The van der Waals surface area contributed by atoms with Gasteiger partial charge in [0.2, 0.25) is 5.91 Å². The molecule has 3 atom stereocenters. The summed E-state index contributed by atoms with van der Waals surface area (Å²) in [5, 5.41) is 2.78. The van der Waals surface area contributed by atoms with Crippen LogP contribution in [0.1, 0.15) is 87.2 Å². The van der Waals surface area contributed by atoms with Crippen molar-refractivity contribution >= 4 is 29.7 Å². The highest BCUT2D eigenvalue weighted by Crippen LogP contribution is 2.53. The van der Waals surface area contributed by atoms with E-state index in [0.29, 0.717) is 91.6 Å². The largest absolute Gasteiger partial charge is 0.453 e. The summed E-state index contributed by atoms with van der Waals surface area (Å²) in [4.78, 5) is 75.1. The minimum atomic E-state index is -3.28. The number of imidazole rings is 2. The number of hydrogen-bond donors (Lipinski definition) is 3. The van der Waals surface area contributed by atoms with E-state index < -0.39 is 30.2 Å². The summed E-state index contributed by atoms with van der Waals surface area (Å²) in [5.74, 6) is -3.03. The highest BCUT2D eigenvalue weighted by molar-refractivity contribution is 6.40. The fourth-order valence-corrected chi connectivity index (χ4v) is 9.84. The summed E-state index contributed by atoms with van der Waals surface area (Å²) in [5.41, 5.74) is 4.91. The van der Waals surface area contributed by atoms with Gasteiger partial charge in [-0.3, -0.25) is 9.59 Å². The van der Waals surface area contributed by atoms with Crippen LogP contribution < -0.4 is 5.32 Å². The maximum Gasteiger partial charge on any atom is 0.433 e. The number of hydrogen-bond acceptors (Lipinski definition) is 9. The minimum Gasteiger partial charge on any atom is -0.453 e. The van der Waals surface area contributed by atoms with Gasteiger partial charge < -0.3 is 39.3 Å². The van der Waals surface area contributed by atoms with Crippen LogP contribution in [0.3, 0.4) is 0 Å². The lowest BCUT2D eigenvalue weighted by Gasteiger charge is -2.34. The number of ether oxygens (including phenoxy) is 3. The Morgan fingerprint density at radius 2 is 1.30 bits per heavy atom. The van der Waals surface area contributed by atoms with Crippen LogP contribution in [0.25, 0.3) is 44.8 Å². The number of alkyl carbamates (subject to hydrolysis) is 1. The second-order valence-corrected chi connectivity index (χ2v) is 17.6. The highest BCUT2D eigenvalue weighted by atomic mass is 19.3. The Kier molecular flexibility index (Phi) is 12.3. The Morgan fingerprint density at radius 3 is 1.91 bits per heavy atom. The number of aromatic amines is 2. The van der Waals surface area contributed by atoms with Crippen molar-refractivity contribution in [3.8, 4) is 44.8 Å². The molecule has 0 spiro atoms. The number of aliphatic imine (C=N–C) groups is 1. The van der Waals surface area contributed by atoms with E-state index in [9.17, 15) is 19.2 Å². The molecule has 4 amide bonds. The van der Waals surface area contributed by atoms with Crippen LogP contribution in [0.4, 0.5) is 18.4 Å². The standard InChI is InChI=1S/C49H52F2N8O7/c1-27(2)41(56-47(62)64-3)45(60)58-19-5-7-39(58)44-53-26-38(55-44)32-14-16-34-33-15-13-31(23-35(33)49(50,51)36(34)24-32)28-9-11-29(12-10-28)37-25-52-43(54-37)40-8-6-20-59(40)46(61)42(57-48(63)65-4)30-17-21-66-22-18-30/h9-16,23-27,30,39-40,42H,5-8,17-22H2,1-4H3,(H,52,54)(H,53,55)(H,57,63)/t39-,40-,42-/m0/s1. The maximum atomic E-state index is 16.5. The topological polar surface area (TPSA) is 184 Å². The average molecular weight is 903 g/mol. The van der Waals surface area contributed by atoms with Crippen molar-refractivity contribution in [1.29, 1.82) is 0 Å². The molecule has 3 aliphatic heterocycles. The number of carbonyl (C=O) groups excluding carboxylic acids is 4. The Morgan fingerprint density at radius 1 is 0.758 bits per heavy atom. The molecule has 3 aromatic carbocycles. The lowest BCUT2D eigenvalue weighted by Crippen LogP contribution is -2.53. The molecule has 66 heavy (non-hydrogen) atoms. The SMILES string of the molecule is COC(=O)N=C(C(=O)N1CCC[C@H]1c1ncc(-c2ccc3c(c2)C(F)(F)c2cc(-c4ccc(-c5cnc([C@@H]6CCCN6C(=O)[C@@H](NC(=O)OC)C6CCOCC6)[nH]5)cc4)ccc2-3)[nH]1)C(C)C. The van der Waals surface area contributed by atoms with E-state index in [4.69, 9.17) is 9.47 Å². The molecule has 0 unspecified atom stereocenters. The summed E-state index contributed by atoms with van der Waals surface area (Å²) < 4.78 is 48.0. The van der Waals surface area contributed by atoms with Gasteiger partial charge in [0, 0.05) is 48.9 Å². The van der Waals surface area contributed by atoms with Gasteiger partial charge in [0.1, 0.15) is 23.4 Å². The van der Waals surface area contributed by atoms with E-state index in [0.717, 1.165) is 29.7 Å². The first kappa shape index (κ1) is 44.5. The number of nitrogens with one attached hydrogen (secondary N) is 3. The number of H-pyrrole nitrogens is 2. The number of amides is 4. The van der Waals surface area contributed by atoms with Gasteiger partial charge in [-0.25, -0.2) is 19.6 Å². The number of carbonyl (C=O) groups is 4. The Balaban J connectivity index is 0.896. The molecule has 0 bridgehead atoms. The fraction of sp³-hybridized carbons (Fsp3) is 0.408. The van der Waals surface area contributed by atoms with E-state index in [1.165, 1.54) is 20.3 Å². The molecule has 2 aromatic heterocycles. The van der Waals surface area contributed by atoms with Gasteiger partial charge in [-0.15, -0.1) is 0 Å². The van der Waals surface area contributed by atoms with E-state index >= 15 is 8.78 Å². The zero-order valence-electron chi connectivity index (χ0n) is 37.2. The van der Waals surface area contributed by atoms with Crippen molar-refractivity contribution in [2.75, 3.05) is 40.5 Å². The Bertz CT molecular complexity index is 2690. The molecule has 15 nitrogen and oxygen atoms in total. The monoisotopic (exact) mass is 902 g/mol. The number of nitrogens with zero attached hydrogens (tertiary/aromatic N) is 5. The van der Waals surface area contributed by atoms with Gasteiger partial charge in [-0.2, -0.15) is 13.8 Å². The number of fused-ring (bicyclic) bond motifs is 3. The maximum absolute atomic E-state index is 16.5. The van der Waals surface area contributed by atoms with Crippen LogP contribution in [0.5, 0.6) is 0 Å². The smallest absolute Gasteiger partial charge is 0.433 e. The summed E-state index contributed by atoms with van der Waals surface area (Å²) >= 11 is 0. The van der Waals surface area contributed by atoms with Gasteiger partial charge in [-0.05, 0) is 84.4 Å². The van der Waals surface area contributed by atoms with Crippen molar-refractivity contribution in [2.24, 2.45) is 16.8 Å². The normalized spacial score (nSPS) is 19.7. The lowest BCUT2D eigenvalue weighted by atomic mass is 9.90. The average Bonchev–Trinajstić information content (AvgIpc) is 4.20. The Hall–Kier alpha value is -6.75. The molecule has 3 N–H and O–H groups in total. The molecule has 3 fully saturated rings. The predicted molar refractivity (Wildman–Crippen MR) is 240 cm³/mol. The first-order valence-corrected chi connectivity index (χ1v) is 22.4. The third-order valence-electron chi connectivity index (χ3n) is 13.3. The minimum absolute atomic E-state index is 0.0716. The number of likely N-dealkylation sites (tertiary alicyclic amines) is 2. The van der Waals surface area contributed by atoms with Crippen molar-refractivity contribution < 1.29 is 42.2 Å². The number of alkyl halides is 2. The number of halogens is 2. The summed E-state index contributed by atoms with van der Waals surface area (Å²) in [7, 11) is 2.49. The molecule has 0 radical (unpaired) electrons. The Labute approximate surface area is 380 Å². The first-order chi connectivity index (χ1) is 31.9. The van der Waals surface area contributed by atoms with Gasteiger partial charge in [0.25, 0.3) is 11.8 Å². The van der Waals surface area contributed by atoms with Crippen LogP contribution >= 0.6 is 0 Å². The van der Waals surface area contributed by atoms with Crippen LogP contribution in [-0.4, -0.2) is 106 Å². The molecule has 4 aliphatic rings. The molecule has 5 heterocycles. The molecule has 344 valence electrons. The number of methoxy groups -OCH3 is 2. The summed E-state index contributed by atoms with van der Waals surface area (Å²) in [6.07, 6.45) is 6.01. The van der Waals surface area contributed by atoms with Gasteiger partial charge >= 0.3 is 12.2 Å². The fourth-order valence-electron chi connectivity index (χ4n) is 9.84. The number of benzene rings is 3. The van der Waals surface area contributed by atoms with Gasteiger partial charge in [-0.1, -0.05) is 62.4 Å².